The molecule has 1 heteroatoms. The van der Waals surface area contributed by atoms with Crippen LogP contribution in [0.5, 0.6) is 11.5 Å². The molecule has 2 aromatic rings. The monoisotopic (exact) mass is 238 g/mol. The molecule has 0 saturated heterocycles. The minimum Gasteiger partial charge on any atom is -0.457 e. The van der Waals surface area contributed by atoms with E-state index in [1.807, 2.05) is 12.1 Å². The van der Waals surface area contributed by atoms with Crippen molar-refractivity contribution in [3.63, 3.8) is 0 Å². The van der Waals surface area contributed by atoms with Crippen molar-refractivity contribution in [3.8, 4) is 11.5 Å². The molecule has 1 aliphatic rings. The second-order valence-corrected chi connectivity index (χ2v) is 5.50. The molecule has 1 fully saturated rings. The van der Waals surface area contributed by atoms with Gasteiger partial charge in [-0.05, 0) is 55.0 Å². The highest BCUT2D eigenvalue weighted by Crippen LogP contribution is 2.47. The lowest BCUT2D eigenvalue weighted by molar-refractivity contribution is 0.482. The van der Waals surface area contributed by atoms with E-state index in [4.69, 9.17) is 4.74 Å². The van der Waals surface area contributed by atoms with E-state index >= 15 is 0 Å². The molecule has 1 aliphatic carbocycles. The largest absolute Gasteiger partial charge is 0.457 e. The first-order valence-electron chi connectivity index (χ1n) is 6.51. The lowest BCUT2D eigenvalue weighted by Crippen LogP contribution is -1.98. The fraction of sp³-hybridized carbons (Fsp3) is 0.294. The predicted molar refractivity (Wildman–Crippen MR) is 74.3 cm³/mol. The molecule has 0 bridgehead atoms. The zero-order valence-electron chi connectivity index (χ0n) is 10.9. The van der Waals surface area contributed by atoms with Gasteiger partial charge in [-0.15, -0.1) is 0 Å². The molecule has 0 heterocycles. The molecule has 92 valence electrons. The van der Waals surface area contributed by atoms with Gasteiger partial charge in [0.2, 0.25) is 0 Å². The second kappa shape index (κ2) is 4.16. The van der Waals surface area contributed by atoms with Crippen LogP contribution in [0.25, 0.3) is 0 Å². The first kappa shape index (κ1) is 11.3. The average Bonchev–Trinajstić information content (AvgIpc) is 3.12. The Morgan fingerprint density at radius 3 is 1.83 bits per heavy atom. The summed E-state index contributed by atoms with van der Waals surface area (Å²) in [5, 5.41) is 0. The van der Waals surface area contributed by atoms with E-state index in [1.54, 1.807) is 0 Å². The molecule has 0 aromatic heterocycles. The van der Waals surface area contributed by atoms with Crippen LogP contribution in [0.3, 0.4) is 0 Å². The van der Waals surface area contributed by atoms with Gasteiger partial charge in [0.25, 0.3) is 0 Å². The van der Waals surface area contributed by atoms with Crippen LogP contribution in [0.1, 0.15) is 30.9 Å². The summed E-state index contributed by atoms with van der Waals surface area (Å²) in [5.41, 5.74) is 3.11. The van der Waals surface area contributed by atoms with Gasteiger partial charge in [-0.25, -0.2) is 0 Å². The summed E-state index contributed by atoms with van der Waals surface area (Å²) in [6.07, 6.45) is 2.62. The maximum Gasteiger partial charge on any atom is 0.127 e. The van der Waals surface area contributed by atoms with Crippen LogP contribution < -0.4 is 4.74 Å². The van der Waals surface area contributed by atoms with Gasteiger partial charge in [0.15, 0.2) is 0 Å². The van der Waals surface area contributed by atoms with Gasteiger partial charge in [-0.1, -0.05) is 36.8 Å². The van der Waals surface area contributed by atoms with E-state index in [0.29, 0.717) is 5.41 Å². The topological polar surface area (TPSA) is 9.23 Å². The number of benzene rings is 2. The van der Waals surface area contributed by atoms with Crippen molar-refractivity contribution in [1.29, 1.82) is 0 Å². The zero-order valence-corrected chi connectivity index (χ0v) is 10.9. The average molecular weight is 238 g/mol. The molecule has 0 radical (unpaired) electrons. The van der Waals surface area contributed by atoms with E-state index in [9.17, 15) is 0 Å². The highest BCUT2D eigenvalue weighted by atomic mass is 16.5. The van der Waals surface area contributed by atoms with Crippen molar-refractivity contribution in [2.75, 3.05) is 0 Å². The Morgan fingerprint density at radius 1 is 0.833 bits per heavy atom. The van der Waals surface area contributed by atoms with Gasteiger partial charge in [0.05, 0.1) is 0 Å². The minimum atomic E-state index is 0.433. The third-order valence-electron chi connectivity index (χ3n) is 3.81. The lowest BCUT2D eigenvalue weighted by atomic mass is 9.99. The Kier molecular flexibility index (Phi) is 2.62. The third kappa shape index (κ3) is 2.26. The molecule has 0 spiro atoms. The van der Waals surface area contributed by atoms with Crippen LogP contribution in [0.2, 0.25) is 0 Å². The fourth-order valence-corrected chi connectivity index (χ4v) is 2.14. The molecular formula is C17H18O. The van der Waals surface area contributed by atoms with E-state index < -0.39 is 0 Å². The van der Waals surface area contributed by atoms with Crippen LogP contribution in [0, 0.1) is 6.92 Å². The van der Waals surface area contributed by atoms with Gasteiger partial charge < -0.3 is 4.74 Å². The Balaban J connectivity index is 1.75. The first-order valence-corrected chi connectivity index (χ1v) is 6.51. The Labute approximate surface area is 108 Å². The normalized spacial score (nSPS) is 16.3. The summed E-state index contributed by atoms with van der Waals surface area (Å²) in [6.45, 7) is 4.40. The molecule has 0 N–H and O–H groups in total. The summed E-state index contributed by atoms with van der Waals surface area (Å²) in [6, 6.07) is 16.7. The van der Waals surface area contributed by atoms with Gasteiger partial charge in [-0.2, -0.15) is 0 Å². The Hall–Kier alpha value is -1.76. The van der Waals surface area contributed by atoms with Crippen LogP contribution in [0.15, 0.2) is 48.5 Å². The van der Waals surface area contributed by atoms with Crippen molar-refractivity contribution in [2.24, 2.45) is 0 Å². The molecule has 2 aromatic carbocycles. The minimum absolute atomic E-state index is 0.433. The van der Waals surface area contributed by atoms with E-state index in [-0.39, 0.29) is 0 Å². The molecular weight excluding hydrogens is 220 g/mol. The number of aryl methyl sites for hydroxylation is 1. The summed E-state index contributed by atoms with van der Waals surface area (Å²) in [4.78, 5) is 0. The van der Waals surface area contributed by atoms with Gasteiger partial charge >= 0.3 is 0 Å². The molecule has 0 unspecified atom stereocenters. The quantitative estimate of drug-likeness (QED) is 0.743. The standard InChI is InChI=1S/C17H18O/c1-13-3-7-15(8-4-13)18-16-9-5-14(6-10-16)17(2)11-12-17/h3-10H,11-12H2,1-2H3. The summed E-state index contributed by atoms with van der Waals surface area (Å²) < 4.78 is 5.82. The Bertz CT molecular complexity index is 533. The summed E-state index contributed by atoms with van der Waals surface area (Å²) >= 11 is 0. The van der Waals surface area contributed by atoms with Crippen molar-refractivity contribution in [1.82, 2.24) is 0 Å². The number of hydrogen-bond acceptors (Lipinski definition) is 1. The molecule has 0 atom stereocenters. The zero-order chi connectivity index (χ0) is 12.6. The van der Waals surface area contributed by atoms with Crippen molar-refractivity contribution in [2.45, 2.75) is 32.1 Å². The van der Waals surface area contributed by atoms with Crippen LogP contribution in [-0.2, 0) is 5.41 Å². The van der Waals surface area contributed by atoms with Crippen LogP contribution in [-0.4, -0.2) is 0 Å². The molecule has 1 saturated carbocycles. The third-order valence-corrected chi connectivity index (χ3v) is 3.81. The molecule has 0 aliphatic heterocycles. The van der Waals surface area contributed by atoms with E-state index in [2.05, 4.69) is 50.2 Å². The summed E-state index contributed by atoms with van der Waals surface area (Å²) in [7, 11) is 0. The maximum absolute atomic E-state index is 5.82. The number of ether oxygens (including phenoxy) is 1. The molecule has 1 nitrogen and oxygen atoms in total. The van der Waals surface area contributed by atoms with E-state index in [0.717, 1.165) is 11.5 Å². The number of hydrogen-bond donors (Lipinski definition) is 0. The molecule has 18 heavy (non-hydrogen) atoms. The fourth-order valence-electron chi connectivity index (χ4n) is 2.14. The molecule has 3 rings (SSSR count). The summed E-state index contributed by atoms with van der Waals surface area (Å²) in [5.74, 6) is 1.80. The van der Waals surface area contributed by atoms with Crippen molar-refractivity contribution < 1.29 is 4.74 Å². The van der Waals surface area contributed by atoms with Gasteiger partial charge in [0, 0.05) is 0 Å². The highest BCUT2D eigenvalue weighted by Gasteiger charge is 2.38. The van der Waals surface area contributed by atoms with E-state index in [1.165, 1.54) is 24.0 Å². The van der Waals surface area contributed by atoms with Crippen molar-refractivity contribution in [3.05, 3.63) is 59.7 Å². The maximum atomic E-state index is 5.82. The predicted octanol–water partition coefficient (Wildman–Crippen LogP) is 4.84. The molecule has 0 amide bonds. The van der Waals surface area contributed by atoms with Crippen LogP contribution in [0.4, 0.5) is 0 Å². The SMILES string of the molecule is Cc1ccc(Oc2ccc(C3(C)CC3)cc2)cc1. The Morgan fingerprint density at radius 2 is 1.33 bits per heavy atom. The smallest absolute Gasteiger partial charge is 0.127 e. The first-order chi connectivity index (χ1) is 8.66. The highest BCUT2D eigenvalue weighted by molar-refractivity contribution is 5.38. The van der Waals surface area contributed by atoms with Crippen molar-refractivity contribution >= 4 is 0 Å². The van der Waals surface area contributed by atoms with Gasteiger partial charge in [0.1, 0.15) is 11.5 Å². The second-order valence-electron chi connectivity index (χ2n) is 5.50. The van der Waals surface area contributed by atoms with Gasteiger partial charge in [-0.3, -0.25) is 0 Å². The lowest BCUT2D eigenvalue weighted by Gasteiger charge is -2.10. The number of rotatable bonds is 3. The van der Waals surface area contributed by atoms with Crippen LogP contribution >= 0.6 is 0 Å².